The van der Waals surface area contributed by atoms with Crippen LogP contribution < -0.4 is 10.2 Å². The van der Waals surface area contributed by atoms with Crippen LogP contribution in [0.3, 0.4) is 0 Å². The van der Waals surface area contributed by atoms with E-state index < -0.39 is 0 Å². The lowest BCUT2D eigenvalue weighted by Gasteiger charge is -2.31. The summed E-state index contributed by atoms with van der Waals surface area (Å²) in [7, 11) is 2.00. The Morgan fingerprint density at radius 2 is 1.81 bits per heavy atom. The molecule has 0 spiro atoms. The summed E-state index contributed by atoms with van der Waals surface area (Å²) in [4.78, 5) is 25.0. The van der Waals surface area contributed by atoms with Crippen molar-refractivity contribution in [3.63, 3.8) is 0 Å². The van der Waals surface area contributed by atoms with Crippen LogP contribution in [0.2, 0.25) is 0 Å². The molecule has 2 aliphatic rings. The van der Waals surface area contributed by atoms with Crippen LogP contribution in [0.25, 0.3) is 11.4 Å². The molecule has 1 unspecified atom stereocenters. The summed E-state index contributed by atoms with van der Waals surface area (Å²) >= 11 is 0. The molecule has 0 saturated carbocycles. The number of hydrogen-bond acceptors (Lipinski definition) is 9. The van der Waals surface area contributed by atoms with Gasteiger partial charge in [-0.3, -0.25) is 0 Å². The molecular formula is C36H53FN6O4. The molecule has 1 N–H and O–H groups in total. The number of ether oxygens (including phenoxy) is 2. The van der Waals surface area contributed by atoms with Crippen molar-refractivity contribution < 1.29 is 23.2 Å². The highest BCUT2D eigenvalue weighted by Gasteiger charge is 2.25. The first-order valence-corrected chi connectivity index (χ1v) is 16.4. The molecule has 5 rings (SSSR count). The summed E-state index contributed by atoms with van der Waals surface area (Å²) in [6.45, 7) is 18.8. The standard InChI is InChI=1S/C22H32N6O4.C6H5F.C6H10.C2H6/c1-15(2)31-22(29)27-10-7-18(8-11-27)30-14-20-25-21(26-32-20)16-4-5-19(24-12-16)28-9-6-17(13-28)23-3;7-6-4-2-1-3-5-6;1-4-5-6(2)3;1-2/h4-5,12,15,17-18,23H,6-11,13-14H2,1-3H3;1-5H;4-5H,1H2,2-3H3;1-2H3. The van der Waals surface area contributed by atoms with Crippen LogP contribution in [0.4, 0.5) is 15.0 Å². The number of aromatic nitrogens is 3. The number of carbonyl (C=O) groups is 1. The topological polar surface area (TPSA) is 106 Å². The zero-order chi connectivity index (χ0) is 34.6. The Labute approximate surface area is 280 Å². The van der Waals surface area contributed by atoms with Crippen molar-refractivity contribution >= 4 is 11.9 Å². The summed E-state index contributed by atoms with van der Waals surface area (Å²) in [5.74, 6) is 1.72. The van der Waals surface area contributed by atoms with Gasteiger partial charge < -0.3 is 29.1 Å². The maximum Gasteiger partial charge on any atom is 0.410 e. The fraction of sp³-hybridized carbons (Fsp3) is 0.500. The molecule has 3 aromatic rings. The predicted molar refractivity (Wildman–Crippen MR) is 186 cm³/mol. The number of halogens is 1. The Balaban J connectivity index is 0.000000424. The number of nitrogens with zero attached hydrogens (tertiary/aromatic N) is 5. The molecule has 2 saturated heterocycles. The van der Waals surface area contributed by atoms with Crippen LogP contribution in [-0.2, 0) is 16.1 Å². The first kappa shape index (κ1) is 39.1. The normalized spacial score (nSPS) is 15.7. The SMILES string of the molecule is C=CC=C(C)C.CC.CNC1CCN(c2ccc(-c3noc(COC4CCN(C(=O)OC(C)C)CC4)n3)cn2)C1.Fc1ccccc1. The number of amides is 1. The Morgan fingerprint density at radius 3 is 2.30 bits per heavy atom. The molecule has 2 aromatic heterocycles. The third-order valence-corrected chi connectivity index (χ3v) is 7.06. The van der Waals surface area contributed by atoms with Gasteiger partial charge in [-0.2, -0.15) is 4.98 Å². The van der Waals surface area contributed by atoms with E-state index in [4.69, 9.17) is 14.0 Å². The summed E-state index contributed by atoms with van der Waals surface area (Å²) in [6.07, 6.45) is 7.85. The monoisotopic (exact) mass is 652 g/mol. The van der Waals surface area contributed by atoms with E-state index >= 15 is 0 Å². The summed E-state index contributed by atoms with van der Waals surface area (Å²) in [5, 5.41) is 7.38. The molecule has 4 heterocycles. The largest absolute Gasteiger partial charge is 0.447 e. The first-order valence-electron chi connectivity index (χ1n) is 16.4. The lowest BCUT2D eigenvalue weighted by Crippen LogP contribution is -2.41. The number of piperidine rings is 1. The molecule has 11 heteroatoms. The first-order chi connectivity index (χ1) is 22.7. The minimum atomic E-state index is -0.258. The Kier molecular flexibility index (Phi) is 18.0. The highest BCUT2D eigenvalue weighted by Crippen LogP contribution is 2.22. The van der Waals surface area contributed by atoms with E-state index in [1.54, 1.807) is 35.4 Å². The van der Waals surface area contributed by atoms with Gasteiger partial charge in [-0.1, -0.05) is 61.5 Å². The molecule has 1 aromatic carbocycles. The third-order valence-electron chi connectivity index (χ3n) is 7.06. The van der Waals surface area contributed by atoms with Gasteiger partial charge in [0.2, 0.25) is 5.82 Å². The molecule has 0 bridgehead atoms. The second-order valence-electron chi connectivity index (χ2n) is 11.3. The number of allylic oxidation sites excluding steroid dienone is 3. The molecule has 258 valence electrons. The van der Waals surface area contributed by atoms with Crippen molar-refractivity contribution in [3.05, 3.63) is 84.7 Å². The third kappa shape index (κ3) is 14.5. The number of benzene rings is 1. The van der Waals surface area contributed by atoms with Crippen molar-refractivity contribution in [1.29, 1.82) is 0 Å². The number of hydrogen-bond donors (Lipinski definition) is 1. The van der Waals surface area contributed by atoms with Crippen molar-refractivity contribution in [3.8, 4) is 11.4 Å². The van der Waals surface area contributed by atoms with E-state index in [0.717, 1.165) is 43.7 Å². The molecule has 0 radical (unpaired) electrons. The fourth-order valence-electron chi connectivity index (χ4n) is 4.66. The van der Waals surface area contributed by atoms with Gasteiger partial charge in [-0.15, -0.1) is 0 Å². The van der Waals surface area contributed by atoms with Crippen LogP contribution >= 0.6 is 0 Å². The summed E-state index contributed by atoms with van der Waals surface area (Å²) in [5.41, 5.74) is 2.11. The van der Waals surface area contributed by atoms with E-state index in [2.05, 4.69) is 31.9 Å². The van der Waals surface area contributed by atoms with Gasteiger partial charge in [-0.25, -0.2) is 14.2 Å². The van der Waals surface area contributed by atoms with E-state index in [0.29, 0.717) is 30.8 Å². The van der Waals surface area contributed by atoms with E-state index in [1.165, 1.54) is 17.7 Å². The van der Waals surface area contributed by atoms with E-state index in [1.807, 2.05) is 66.8 Å². The minimum Gasteiger partial charge on any atom is -0.447 e. The van der Waals surface area contributed by atoms with Crippen molar-refractivity contribution in [2.75, 3.05) is 38.1 Å². The van der Waals surface area contributed by atoms with Crippen molar-refractivity contribution in [2.24, 2.45) is 0 Å². The van der Waals surface area contributed by atoms with Gasteiger partial charge in [0, 0.05) is 44.0 Å². The van der Waals surface area contributed by atoms with Gasteiger partial charge in [-0.05, 0) is 78.3 Å². The van der Waals surface area contributed by atoms with Gasteiger partial charge in [0.25, 0.3) is 5.89 Å². The molecule has 1 amide bonds. The number of rotatable bonds is 8. The van der Waals surface area contributed by atoms with Crippen molar-refractivity contribution in [1.82, 2.24) is 25.3 Å². The maximum absolute atomic E-state index is 12.0. The molecular weight excluding hydrogens is 599 g/mol. The summed E-state index contributed by atoms with van der Waals surface area (Å²) in [6, 6.07) is 12.4. The van der Waals surface area contributed by atoms with Gasteiger partial charge in [0.05, 0.1) is 12.2 Å². The van der Waals surface area contributed by atoms with Crippen LogP contribution in [0, 0.1) is 5.82 Å². The minimum absolute atomic E-state index is 0.0521. The number of likely N-dealkylation sites (N-methyl/N-ethyl adjacent to an activating group) is 1. The average Bonchev–Trinajstić information content (AvgIpc) is 3.76. The second kappa shape index (κ2) is 21.7. The lowest BCUT2D eigenvalue weighted by atomic mass is 10.1. The Morgan fingerprint density at radius 1 is 1.11 bits per heavy atom. The average molecular weight is 653 g/mol. The molecule has 1 atom stereocenters. The number of carbonyl (C=O) groups excluding carboxylic acids is 1. The van der Waals surface area contributed by atoms with Gasteiger partial charge in [0.15, 0.2) is 0 Å². The molecule has 0 aliphatic carbocycles. The maximum atomic E-state index is 12.0. The van der Waals surface area contributed by atoms with Crippen LogP contribution in [0.1, 0.15) is 66.7 Å². The van der Waals surface area contributed by atoms with Crippen LogP contribution in [0.5, 0.6) is 0 Å². The quantitative estimate of drug-likeness (QED) is 0.249. The highest BCUT2D eigenvalue weighted by molar-refractivity contribution is 5.67. The van der Waals surface area contributed by atoms with E-state index in [-0.39, 0.29) is 30.7 Å². The Bertz CT molecular complexity index is 1320. The van der Waals surface area contributed by atoms with Crippen molar-refractivity contribution in [2.45, 2.75) is 85.7 Å². The zero-order valence-electron chi connectivity index (χ0n) is 29.1. The van der Waals surface area contributed by atoms with Gasteiger partial charge in [0.1, 0.15) is 18.2 Å². The van der Waals surface area contributed by atoms with E-state index in [9.17, 15) is 9.18 Å². The number of anilines is 1. The van der Waals surface area contributed by atoms with Crippen LogP contribution in [0.15, 0.2) is 77.5 Å². The van der Waals surface area contributed by atoms with Gasteiger partial charge >= 0.3 is 6.09 Å². The number of nitrogens with one attached hydrogen (secondary N) is 1. The molecule has 10 nitrogen and oxygen atoms in total. The number of pyridine rings is 1. The Hall–Kier alpha value is -4.09. The summed E-state index contributed by atoms with van der Waals surface area (Å²) < 4.78 is 28.4. The fourth-order valence-corrected chi connectivity index (χ4v) is 4.66. The highest BCUT2D eigenvalue weighted by atomic mass is 19.1. The molecule has 2 aliphatic heterocycles. The predicted octanol–water partition coefficient (Wildman–Crippen LogP) is 7.45. The zero-order valence-corrected chi connectivity index (χ0v) is 29.1. The smallest absolute Gasteiger partial charge is 0.410 e. The number of likely N-dealkylation sites (tertiary alicyclic amines) is 1. The molecule has 2 fully saturated rings. The lowest BCUT2D eigenvalue weighted by molar-refractivity contribution is -0.0147. The van der Waals surface area contributed by atoms with Crippen LogP contribution in [-0.4, -0.2) is 77.6 Å². The second-order valence-corrected chi connectivity index (χ2v) is 11.3. The molecule has 47 heavy (non-hydrogen) atoms.